The Morgan fingerprint density at radius 1 is 1.15 bits per heavy atom. The van der Waals surface area contributed by atoms with Crippen molar-refractivity contribution in [3.05, 3.63) is 29.3 Å². The van der Waals surface area contributed by atoms with Crippen LogP contribution in [0, 0.1) is 6.92 Å². The molecule has 0 aliphatic carbocycles. The largest absolute Gasteiger partial charge is 0.449 e. The van der Waals surface area contributed by atoms with Crippen LogP contribution in [0.1, 0.15) is 42.1 Å². The summed E-state index contributed by atoms with van der Waals surface area (Å²) in [6.45, 7) is 4.17. The van der Waals surface area contributed by atoms with Gasteiger partial charge in [-0.1, -0.05) is 12.5 Å². The van der Waals surface area contributed by atoms with Crippen LogP contribution in [0.5, 0.6) is 0 Å². The van der Waals surface area contributed by atoms with Gasteiger partial charge in [0.25, 0.3) is 5.91 Å². The molecule has 0 aromatic heterocycles. The fourth-order valence-corrected chi connectivity index (χ4v) is 4.42. The highest BCUT2D eigenvalue weighted by Crippen LogP contribution is 2.23. The molecule has 0 radical (unpaired) electrons. The molecule has 0 N–H and O–H groups in total. The molecule has 1 aromatic rings. The van der Waals surface area contributed by atoms with Crippen LogP contribution in [0.25, 0.3) is 0 Å². The molecule has 1 saturated heterocycles. The van der Waals surface area contributed by atoms with Crippen molar-refractivity contribution in [2.24, 2.45) is 0 Å². The predicted octanol–water partition coefficient (Wildman–Crippen LogP) is 1.80. The molecule has 1 atom stereocenters. The van der Waals surface area contributed by atoms with Crippen LogP contribution in [0.4, 0.5) is 0 Å². The highest BCUT2D eigenvalue weighted by atomic mass is 32.2. The zero-order valence-electron chi connectivity index (χ0n) is 15.7. The molecular weight excluding hydrogens is 356 g/mol. The number of carbonyl (C=O) groups excluding carboxylic acids is 2. The molecule has 7 nitrogen and oxygen atoms in total. The quantitative estimate of drug-likeness (QED) is 0.725. The molecule has 1 aromatic carbocycles. The van der Waals surface area contributed by atoms with Gasteiger partial charge in [-0.2, -0.15) is 4.31 Å². The number of nitrogens with zero attached hydrogens (tertiary/aromatic N) is 2. The Kier molecular flexibility index (Phi) is 6.41. The Morgan fingerprint density at radius 3 is 2.35 bits per heavy atom. The lowest BCUT2D eigenvalue weighted by molar-refractivity contribution is -0.137. The van der Waals surface area contributed by atoms with Gasteiger partial charge in [-0.3, -0.25) is 4.79 Å². The fraction of sp³-hybridized carbons (Fsp3) is 0.556. The summed E-state index contributed by atoms with van der Waals surface area (Å²) in [6, 6.07) is 4.44. The van der Waals surface area contributed by atoms with Crippen LogP contribution >= 0.6 is 0 Å². The minimum absolute atomic E-state index is 0.0727. The minimum atomic E-state index is -3.64. The van der Waals surface area contributed by atoms with E-state index in [9.17, 15) is 18.0 Å². The summed E-state index contributed by atoms with van der Waals surface area (Å²) in [5, 5.41) is 0. The van der Waals surface area contributed by atoms with Gasteiger partial charge in [0.1, 0.15) is 0 Å². The SMILES string of the molecule is Cc1ccc(S(=O)(=O)N2CCCCC2)cc1C(=O)O[C@@H](C)C(=O)N(C)C. The molecule has 8 heteroatoms. The van der Waals surface area contributed by atoms with Gasteiger partial charge in [-0.05, 0) is 44.4 Å². The Morgan fingerprint density at radius 2 is 1.77 bits per heavy atom. The third-order valence-corrected chi connectivity index (χ3v) is 6.35. The maximum absolute atomic E-state index is 12.8. The van der Waals surface area contributed by atoms with Gasteiger partial charge in [0.05, 0.1) is 10.5 Å². The van der Waals surface area contributed by atoms with Crippen molar-refractivity contribution in [1.82, 2.24) is 9.21 Å². The van der Waals surface area contributed by atoms with E-state index in [1.54, 1.807) is 27.1 Å². The zero-order valence-corrected chi connectivity index (χ0v) is 16.5. The molecule has 2 rings (SSSR count). The Labute approximate surface area is 155 Å². The van der Waals surface area contributed by atoms with Crippen LogP contribution in [0.15, 0.2) is 23.1 Å². The van der Waals surface area contributed by atoms with Crippen LogP contribution in [-0.2, 0) is 19.6 Å². The van der Waals surface area contributed by atoms with Gasteiger partial charge in [0.15, 0.2) is 6.10 Å². The summed E-state index contributed by atoms with van der Waals surface area (Å²) in [4.78, 5) is 25.7. The van der Waals surface area contributed by atoms with E-state index in [0.717, 1.165) is 19.3 Å². The first kappa shape index (κ1) is 20.4. The topological polar surface area (TPSA) is 84.0 Å². The molecule has 26 heavy (non-hydrogen) atoms. The predicted molar refractivity (Wildman–Crippen MR) is 97.4 cm³/mol. The summed E-state index contributed by atoms with van der Waals surface area (Å²) in [5.74, 6) is -1.05. The van der Waals surface area contributed by atoms with Crippen molar-refractivity contribution in [3.8, 4) is 0 Å². The van der Waals surface area contributed by atoms with Gasteiger partial charge in [0, 0.05) is 27.2 Å². The molecule has 1 aliphatic rings. The van der Waals surface area contributed by atoms with E-state index in [-0.39, 0.29) is 16.4 Å². The maximum Gasteiger partial charge on any atom is 0.339 e. The Hall–Kier alpha value is -1.93. The minimum Gasteiger partial charge on any atom is -0.449 e. The molecule has 1 aliphatic heterocycles. The number of hydrogen-bond donors (Lipinski definition) is 0. The number of rotatable bonds is 5. The highest BCUT2D eigenvalue weighted by Gasteiger charge is 2.28. The van der Waals surface area contributed by atoms with E-state index in [1.807, 2.05) is 0 Å². The second-order valence-corrected chi connectivity index (χ2v) is 8.66. The normalized spacial score (nSPS) is 16.8. The molecule has 0 bridgehead atoms. The lowest BCUT2D eigenvalue weighted by atomic mass is 10.1. The van der Waals surface area contributed by atoms with Crippen LogP contribution in [0.3, 0.4) is 0 Å². The van der Waals surface area contributed by atoms with Crippen molar-refractivity contribution >= 4 is 21.9 Å². The maximum atomic E-state index is 12.8. The van der Waals surface area contributed by atoms with E-state index in [2.05, 4.69) is 0 Å². The summed E-state index contributed by atoms with van der Waals surface area (Å²) in [6.07, 6.45) is 1.75. The first-order chi connectivity index (χ1) is 12.1. The van der Waals surface area contributed by atoms with Crippen molar-refractivity contribution in [3.63, 3.8) is 0 Å². The number of likely N-dealkylation sites (N-methyl/N-ethyl adjacent to an activating group) is 1. The van der Waals surface area contributed by atoms with Gasteiger partial charge >= 0.3 is 5.97 Å². The lowest BCUT2D eigenvalue weighted by Gasteiger charge is -2.26. The number of esters is 1. The summed E-state index contributed by atoms with van der Waals surface area (Å²) in [7, 11) is -0.496. The van der Waals surface area contributed by atoms with Crippen LogP contribution < -0.4 is 0 Å². The van der Waals surface area contributed by atoms with Crippen molar-refractivity contribution in [1.29, 1.82) is 0 Å². The van der Waals surface area contributed by atoms with Gasteiger partial charge < -0.3 is 9.64 Å². The molecule has 144 valence electrons. The second-order valence-electron chi connectivity index (χ2n) is 6.72. The summed E-state index contributed by atoms with van der Waals surface area (Å²) >= 11 is 0. The average molecular weight is 382 g/mol. The molecule has 0 saturated carbocycles. The Balaban J connectivity index is 2.26. The molecule has 1 heterocycles. The summed E-state index contributed by atoms with van der Waals surface area (Å²) in [5.41, 5.74) is 0.749. The molecule has 0 unspecified atom stereocenters. The van der Waals surface area contributed by atoms with Gasteiger partial charge in [-0.15, -0.1) is 0 Å². The van der Waals surface area contributed by atoms with E-state index < -0.39 is 22.1 Å². The number of benzene rings is 1. The Bertz CT molecular complexity index is 783. The fourth-order valence-electron chi connectivity index (χ4n) is 2.87. The molecular formula is C18H26N2O5S. The molecule has 1 amide bonds. The number of piperidine rings is 1. The van der Waals surface area contributed by atoms with E-state index in [4.69, 9.17) is 4.74 Å². The highest BCUT2D eigenvalue weighted by molar-refractivity contribution is 7.89. The number of amides is 1. The van der Waals surface area contributed by atoms with Crippen LogP contribution in [0.2, 0.25) is 0 Å². The van der Waals surface area contributed by atoms with Gasteiger partial charge in [0.2, 0.25) is 10.0 Å². The lowest BCUT2D eigenvalue weighted by Crippen LogP contribution is -2.36. The second kappa shape index (κ2) is 8.18. The van der Waals surface area contributed by atoms with Gasteiger partial charge in [-0.25, -0.2) is 13.2 Å². The number of sulfonamides is 1. The standard InChI is InChI=1S/C18H26N2O5S/c1-13-8-9-15(26(23,24)20-10-6-5-7-11-20)12-16(13)18(22)25-14(2)17(21)19(3)4/h8-9,12,14H,5-7,10-11H2,1-4H3/t14-/m0/s1. The zero-order chi connectivity index (χ0) is 19.5. The average Bonchev–Trinajstić information content (AvgIpc) is 2.61. The number of ether oxygens (including phenoxy) is 1. The van der Waals surface area contributed by atoms with Crippen molar-refractivity contribution < 1.29 is 22.7 Å². The van der Waals surface area contributed by atoms with Crippen LogP contribution in [-0.4, -0.2) is 62.8 Å². The summed E-state index contributed by atoms with van der Waals surface area (Å²) < 4.78 is 32.3. The van der Waals surface area contributed by atoms with E-state index >= 15 is 0 Å². The van der Waals surface area contributed by atoms with E-state index in [1.165, 1.54) is 28.3 Å². The van der Waals surface area contributed by atoms with E-state index in [0.29, 0.717) is 18.7 Å². The third kappa shape index (κ3) is 4.42. The van der Waals surface area contributed by atoms with Crippen molar-refractivity contribution in [2.45, 2.75) is 44.1 Å². The number of hydrogen-bond acceptors (Lipinski definition) is 5. The first-order valence-corrected chi connectivity index (χ1v) is 10.1. The van der Waals surface area contributed by atoms with Crippen molar-refractivity contribution in [2.75, 3.05) is 27.2 Å². The monoisotopic (exact) mass is 382 g/mol. The molecule has 0 spiro atoms. The number of aryl methyl sites for hydroxylation is 1. The third-order valence-electron chi connectivity index (χ3n) is 4.45. The number of carbonyl (C=O) groups is 2. The smallest absolute Gasteiger partial charge is 0.339 e. The first-order valence-electron chi connectivity index (χ1n) is 8.67. The molecule has 1 fully saturated rings.